The lowest BCUT2D eigenvalue weighted by atomic mass is 10.2. The SMILES string of the molecule is COCCOc1ccc(S(=O)(=O)N2CCC[C@H]2CN)cc1. The van der Waals surface area contributed by atoms with Crippen LogP contribution in [0.15, 0.2) is 29.2 Å². The van der Waals surface area contributed by atoms with Crippen molar-refractivity contribution >= 4 is 10.0 Å². The molecule has 0 unspecified atom stereocenters. The van der Waals surface area contributed by atoms with Gasteiger partial charge in [0.1, 0.15) is 12.4 Å². The van der Waals surface area contributed by atoms with Crippen LogP contribution in [0, 0.1) is 0 Å². The predicted molar refractivity (Wildman–Crippen MR) is 79.8 cm³/mol. The molecule has 1 heterocycles. The highest BCUT2D eigenvalue weighted by molar-refractivity contribution is 7.89. The van der Waals surface area contributed by atoms with Gasteiger partial charge in [0.05, 0.1) is 11.5 Å². The first kappa shape index (κ1) is 16.2. The Balaban J connectivity index is 2.10. The normalized spacial score (nSPS) is 19.8. The molecule has 1 aromatic carbocycles. The summed E-state index contributed by atoms with van der Waals surface area (Å²) in [4.78, 5) is 0.280. The second-order valence-corrected chi connectivity index (χ2v) is 6.85. The molecule has 0 saturated carbocycles. The minimum atomic E-state index is -3.47. The van der Waals surface area contributed by atoms with Gasteiger partial charge in [-0.15, -0.1) is 0 Å². The fourth-order valence-corrected chi connectivity index (χ4v) is 4.15. The number of sulfonamides is 1. The highest BCUT2D eigenvalue weighted by atomic mass is 32.2. The van der Waals surface area contributed by atoms with Crippen LogP contribution < -0.4 is 10.5 Å². The first-order valence-electron chi connectivity index (χ1n) is 7.03. The van der Waals surface area contributed by atoms with Gasteiger partial charge in [0.2, 0.25) is 10.0 Å². The Morgan fingerprint density at radius 3 is 2.62 bits per heavy atom. The van der Waals surface area contributed by atoms with Crippen molar-refractivity contribution in [3.05, 3.63) is 24.3 Å². The second-order valence-electron chi connectivity index (χ2n) is 4.96. The summed E-state index contributed by atoms with van der Waals surface area (Å²) in [5, 5.41) is 0. The maximum Gasteiger partial charge on any atom is 0.243 e. The summed E-state index contributed by atoms with van der Waals surface area (Å²) < 4.78 is 37.0. The van der Waals surface area contributed by atoms with Crippen LogP contribution in [0.25, 0.3) is 0 Å². The highest BCUT2D eigenvalue weighted by Crippen LogP contribution is 2.26. The third-order valence-electron chi connectivity index (χ3n) is 3.58. The van der Waals surface area contributed by atoms with Crippen molar-refractivity contribution < 1.29 is 17.9 Å². The summed E-state index contributed by atoms with van der Waals surface area (Å²) in [5.74, 6) is 0.628. The number of ether oxygens (including phenoxy) is 2. The van der Waals surface area contributed by atoms with Crippen molar-refractivity contribution in [3.63, 3.8) is 0 Å². The Labute approximate surface area is 125 Å². The van der Waals surface area contributed by atoms with E-state index in [2.05, 4.69) is 0 Å². The van der Waals surface area contributed by atoms with Crippen LogP contribution in [0.4, 0.5) is 0 Å². The summed E-state index contributed by atoms with van der Waals surface area (Å²) in [6, 6.07) is 6.38. The van der Waals surface area contributed by atoms with E-state index in [1.165, 1.54) is 4.31 Å². The summed E-state index contributed by atoms with van der Waals surface area (Å²) in [5.41, 5.74) is 5.65. The fourth-order valence-electron chi connectivity index (χ4n) is 2.45. The minimum absolute atomic E-state index is 0.0902. The molecule has 1 saturated heterocycles. The van der Waals surface area contributed by atoms with Gasteiger partial charge in [-0.05, 0) is 37.1 Å². The summed E-state index contributed by atoms with van der Waals surface area (Å²) >= 11 is 0. The van der Waals surface area contributed by atoms with Gasteiger partial charge in [-0.25, -0.2) is 8.42 Å². The molecular formula is C14H22N2O4S. The van der Waals surface area contributed by atoms with Gasteiger partial charge in [-0.2, -0.15) is 4.31 Å². The zero-order valence-corrected chi connectivity index (χ0v) is 13.0. The van der Waals surface area contributed by atoms with Gasteiger partial charge in [0.25, 0.3) is 0 Å². The molecule has 0 aromatic heterocycles. The zero-order chi connectivity index (χ0) is 15.3. The molecule has 7 heteroatoms. The van der Waals surface area contributed by atoms with Crippen molar-refractivity contribution in [2.75, 3.05) is 33.4 Å². The Kier molecular flexibility index (Phi) is 5.58. The van der Waals surface area contributed by atoms with Crippen LogP contribution in [0.3, 0.4) is 0 Å². The minimum Gasteiger partial charge on any atom is -0.491 e. The van der Waals surface area contributed by atoms with Gasteiger partial charge in [-0.1, -0.05) is 0 Å². The Morgan fingerprint density at radius 1 is 1.29 bits per heavy atom. The lowest BCUT2D eigenvalue weighted by Crippen LogP contribution is -2.39. The third kappa shape index (κ3) is 3.74. The van der Waals surface area contributed by atoms with E-state index in [-0.39, 0.29) is 10.9 Å². The lowest BCUT2D eigenvalue weighted by Gasteiger charge is -2.22. The number of nitrogens with zero attached hydrogens (tertiary/aromatic N) is 1. The molecule has 1 aliphatic heterocycles. The monoisotopic (exact) mass is 314 g/mol. The first-order valence-corrected chi connectivity index (χ1v) is 8.47. The summed E-state index contributed by atoms with van der Waals surface area (Å²) in [6.45, 7) is 1.82. The van der Waals surface area contributed by atoms with E-state index in [4.69, 9.17) is 15.2 Å². The van der Waals surface area contributed by atoms with Crippen LogP contribution in [0.1, 0.15) is 12.8 Å². The van der Waals surface area contributed by atoms with Crippen LogP contribution in [0.2, 0.25) is 0 Å². The standard InChI is InChI=1S/C14H22N2O4S/c1-19-9-10-20-13-4-6-14(7-5-13)21(17,18)16-8-2-3-12(16)11-15/h4-7,12H,2-3,8-11,15H2,1H3/t12-/m0/s1. The Bertz CT molecular complexity index is 545. The number of nitrogens with two attached hydrogens (primary N) is 1. The van der Waals surface area contributed by atoms with E-state index in [1.54, 1.807) is 31.4 Å². The molecule has 0 amide bonds. The maximum absolute atomic E-state index is 12.6. The molecule has 118 valence electrons. The number of rotatable bonds is 7. The number of methoxy groups -OCH3 is 1. The number of hydrogen-bond donors (Lipinski definition) is 1. The van der Waals surface area contributed by atoms with E-state index < -0.39 is 10.0 Å². The van der Waals surface area contributed by atoms with Crippen LogP contribution in [-0.2, 0) is 14.8 Å². The molecule has 0 bridgehead atoms. The predicted octanol–water partition coefficient (Wildman–Crippen LogP) is 0.824. The first-order chi connectivity index (χ1) is 10.1. The van der Waals surface area contributed by atoms with Gasteiger partial charge in [-0.3, -0.25) is 0 Å². The summed E-state index contributed by atoms with van der Waals surface area (Å²) in [7, 11) is -1.87. The van der Waals surface area contributed by atoms with E-state index in [0.717, 1.165) is 12.8 Å². The molecule has 0 spiro atoms. The Hall–Kier alpha value is -1.15. The van der Waals surface area contributed by atoms with E-state index in [0.29, 0.717) is 32.1 Å². The van der Waals surface area contributed by atoms with Gasteiger partial charge in [0, 0.05) is 26.2 Å². The van der Waals surface area contributed by atoms with Gasteiger partial charge < -0.3 is 15.2 Å². The molecule has 1 aliphatic rings. The molecule has 2 N–H and O–H groups in total. The van der Waals surface area contributed by atoms with Crippen LogP contribution in [-0.4, -0.2) is 52.2 Å². The third-order valence-corrected chi connectivity index (χ3v) is 5.55. The quantitative estimate of drug-likeness (QED) is 0.754. The molecule has 1 atom stereocenters. The zero-order valence-electron chi connectivity index (χ0n) is 12.2. The van der Waals surface area contributed by atoms with Crippen molar-refractivity contribution in [1.29, 1.82) is 0 Å². The maximum atomic E-state index is 12.6. The smallest absolute Gasteiger partial charge is 0.243 e. The molecule has 6 nitrogen and oxygen atoms in total. The van der Waals surface area contributed by atoms with Crippen molar-refractivity contribution in [1.82, 2.24) is 4.31 Å². The highest BCUT2D eigenvalue weighted by Gasteiger charge is 2.34. The molecule has 1 aromatic rings. The summed E-state index contributed by atoms with van der Waals surface area (Å²) in [6.07, 6.45) is 1.69. The molecular weight excluding hydrogens is 292 g/mol. The van der Waals surface area contributed by atoms with Crippen LogP contribution >= 0.6 is 0 Å². The molecule has 1 fully saturated rings. The van der Waals surface area contributed by atoms with E-state index in [9.17, 15) is 8.42 Å². The van der Waals surface area contributed by atoms with Crippen LogP contribution in [0.5, 0.6) is 5.75 Å². The molecule has 2 rings (SSSR count). The average molecular weight is 314 g/mol. The van der Waals surface area contributed by atoms with E-state index in [1.807, 2.05) is 0 Å². The van der Waals surface area contributed by atoms with Crippen molar-refractivity contribution in [2.24, 2.45) is 5.73 Å². The average Bonchev–Trinajstić information content (AvgIpc) is 2.97. The number of hydrogen-bond acceptors (Lipinski definition) is 5. The molecule has 0 aliphatic carbocycles. The largest absolute Gasteiger partial charge is 0.491 e. The molecule has 0 radical (unpaired) electrons. The van der Waals surface area contributed by atoms with E-state index >= 15 is 0 Å². The number of benzene rings is 1. The Morgan fingerprint density at radius 2 is 2.00 bits per heavy atom. The fraction of sp³-hybridized carbons (Fsp3) is 0.571. The lowest BCUT2D eigenvalue weighted by molar-refractivity contribution is 0.146. The second kappa shape index (κ2) is 7.22. The van der Waals surface area contributed by atoms with Gasteiger partial charge in [0.15, 0.2) is 0 Å². The topological polar surface area (TPSA) is 81.9 Å². The van der Waals surface area contributed by atoms with Gasteiger partial charge >= 0.3 is 0 Å². The van der Waals surface area contributed by atoms with Crippen molar-refractivity contribution in [2.45, 2.75) is 23.8 Å². The molecule has 21 heavy (non-hydrogen) atoms. The van der Waals surface area contributed by atoms with Crippen molar-refractivity contribution in [3.8, 4) is 5.75 Å².